The first-order valence-corrected chi connectivity index (χ1v) is 11.1. The molecule has 4 atom stereocenters. The molecule has 10 nitrogen and oxygen atoms in total. The van der Waals surface area contributed by atoms with Crippen molar-refractivity contribution < 1.29 is 28.5 Å². The third-order valence-corrected chi connectivity index (χ3v) is 5.93. The summed E-state index contributed by atoms with van der Waals surface area (Å²) < 4.78 is 35.6. The Morgan fingerprint density at radius 2 is 1.86 bits per heavy atom. The third-order valence-electron chi connectivity index (χ3n) is 5.93. The molecule has 0 aliphatic carbocycles. The summed E-state index contributed by atoms with van der Waals surface area (Å²) in [4.78, 5) is 25.2. The number of nitrogens with one attached hydrogen (secondary N) is 2. The number of halogens is 2. The van der Waals surface area contributed by atoms with E-state index < -0.39 is 42.1 Å². The van der Waals surface area contributed by atoms with Gasteiger partial charge < -0.3 is 25.6 Å². The summed E-state index contributed by atoms with van der Waals surface area (Å²) in [7, 11) is 1.38. The number of carbonyl (C=O) groups excluding carboxylic acids is 1. The second-order valence-electron chi connectivity index (χ2n) is 8.20. The predicted octanol–water partition coefficient (Wildman–Crippen LogP) is 1.75. The van der Waals surface area contributed by atoms with Crippen molar-refractivity contribution in [3.05, 3.63) is 72.1 Å². The SMILES string of the molecule is CNC(=O)[C@@H]1OC(n2cnc3c(NCc4ccccc4)nc(-c4cccc(F)c4F)nc32)C(O)C1O. The number of nitrogens with zero attached hydrogens (tertiary/aromatic N) is 4. The van der Waals surface area contributed by atoms with Gasteiger partial charge >= 0.3 is 0 Å². The van der Waals surface area contributed by atoms with Gasteiger partial charge in [0.25, 0.3) is 5.91 Å². The molecule has 36 heavy (non-hydrogen) atoms. The number of imidazole rings is 1. The summed E-state index contributed by atoms with van der Waals surface area (Å²) in [5, 5.41) is 26.5. The molecule has 2 aromatic carbocycles. The van der Waals surface area contributed by atoms with E-state index in [1.165, 1.54) is 30.1 Å². The van der Waals surface area contributed by atoms with E-state index in [1.807, 2.05) is 30.3 Å². The molecule has 186 valence electrons. The van der Waals surface area contributed by atoms with Crippen LogP contribution in [0.5, 0.6) is 0 Å². The van der Waals surface area contributed by atoms with Crippen LogP contribution in [0.3, 0.4) is 0 Å². The third kappa shape index (κ3) is 4.15. The van der Waals surface area contributed by atoms with Gasteiger partial charge in [-0.3, -0.25) is 9.36 Å². The van der Waals surface area contributed by atoms with Crippen molar-refractivity contribution in [1.29, 1.82) is 0 Å². The van der Waals surface area contributed by atoms with Crippen LogP contribution in [-0.2, 0) is 16.1 Å². The van der Waals surface area contributed by atoms with E-state index in [0.29, 0.717) is 6.54 Å². The molecule has 1 fully saturated rings. The summed E-state index contributed by atoms with van der Waals surface area (Å²) in [6.07, 6.45) is -4.25. The van der Waals surface area contributed by atoms with Gasteiger partial charge in [0.2, 0.25) is 0 Å². The zero-order valence-electron chi connectivity index (χ0n) is 19.0. The number of fused-ring (bicyclic) bond motifs is 1. The van der Waals surface area contributed by atoms with E-state index in [2.05, 4.69) is 25.6 Å². The minimum absolute atomic E-state index is 0.119. The van der Waals surface area contributed by atoms with Crippen LogP contribution in [0.15, 0.2) is 54.9 Å². The zero-order valence-corrected chi connectivity index (χ0v) is 19.0. The number of likely N-dealkylation sites (N-methyl/N-ethyl adjacent to an activating group) is 1. The lowest BCUT2D eigenvalue weighted by molar-refractivity contribution is -0.137. The van der Waals surface area contributed by atoms with Gasteiger partial charge in [-0.1, -0.05) is 36.4 Å². The normalized spacial score (nSPS) is 21.6. The minimum Gasteiger partial charge on any atom is -0.387 e. The Morgan fingerprint density at radius 1 is 1.08 bits per heavy atom. The van der Waals surface area contributed by atoms with Crippen LogP contribution >= 0.6 is 0 Å². The lowest BCUT2D eigenvalue weighted by Gasteiger charge is -2.17. The van der Waals surface area contributed by atoms with Gasteiger partial charge in [-0.25, -0.2) is 23.7 Å². The van der Waals surface area contributed by atoms with Crippen molar-refractivity contribution in [3.8, 4) is 11.4 Å². The van der Waals surface area contributed by atoms with Crippen molar-refractivity contribution in [2.75, 3.05) is 12.4 Å². The number of amides is 1. The molecule has 1 saturated heterocycles. The van der Waals surface area contributed by atoms with Crippen LogP contribution in [0.1, 0.15) is 11.8 Å². The fraction of sp³-hybridized carbons (Fsp3) is 0.250. The molecular formula is C24H22F2N6O4. The highest BCUT2D eigenvalue weighted by atomic mass is 19.2. The number of benzene rings is 2. The molecule has 1 aliphatic rings. The van der Waals surface area contributed by atoms with Crippen LogP contribution in [0.25, 0.3) is 22.6 Å². The van der Waals surface area contributed by atoms with Gasteiger partial charge in [-0.2, -0.15) is 0 Å². The van der Waals surface area contributed by atoms with Crippen LogP contribution in [-0.4, -0.2) is 61.0 Å². The van der Waals surface area contributed by atoms with Crippen molar-refractivity contribution in [1.82, 2.24) is 24.8 Å². The monoisotopic (exact) mass is 496 g/mol. The Kier molecular flexibility index (Phi) is 6.31. The van der Waals surface area contributed by atoms with Crippen LogP contribution in [0.2, 0.25) is 0 Å². The van der Waals surface area contributed by atoms with Crippen LogP contribution in [0.4, 0.5) is 14.6 Å². The number of rotatable bonds is 6. The highest BCUT2D eigenvalue weighted by Crippen LogP contribution is 2.34. The van der Waals surface area contributed by atoms with Gasteiger partial charge in [0.1, 0.15) is 12.2 Å². The summed E-state index contributed by atoms with van der Waals surface area (Å²) >= 11 is 0. The Bertz CT molecular complexity index is 1420. The second kappa shape index (κ2) is 9.57. The fourth-order valence-corrected chi connectivity index (χ4v) is 4.05. The number of aromatic nitrogens is 4. The molecule has 0 spiro atoms. The van der Waals surface area contributed by atoms with Crippen molar-refractivity contribution in [2.45, 2.75) is 31.1 Å². The lowest BCUT2D eigenvalue weighted by atomic mass is 10.1. The van der Waals surface area contributed by atoms with Crippen LogP contribution in [0, 0.1) is 11.6 Å². The highest BCUT2D eigenvalue weighted by molar-refractivity contribution is 5.85. The van der Waals surface area contributed by atoms with Crippen molar-refractivity contribution in [3.63, 3.8) is 0 Å². The molecule has 0 saturated carbocycles. The molecule has 1 aliphatic heterocycles. The molecule has 1 amide bonds. The van der Waals surface area contributed by atoms with Gasteiger partial charge in [0.15, 0.2) is 46.8 Å². The molecule has 0 radical (unpaired) electrons. The highest BCUT2D eigenvalue weighted by Gasteiger charge is 2.47. The Morgan fingerprint density at radius 3 is 2.61 bits per heavy atom. The summed E-state index contributed by atoms with van der Waals surface area (Å²) in [5.41, 5.74) is 1.14. The summed E-state index contributed by atoms with van der Waals surface area (Å²) in [6, 6.07) is 13.1. The van der Waals surface area contributed by atoms with Gasteiger partial charge in [0, 0.05) is 13.6 Å². The molecule has 2 aromatic heterocycles. The lowest BCUT2D eigenvalue weighted by Crippen LogP contribution is -2.41. The van der Waals surface area contributed by atoms with E-state index in [4.69, 9.17) is 4.74 Å². The predicted molar refractivity (Wildman–Crippen MR) is 124 cm³/mol. The first-order valence-electron chi connectivity index (χ1n) is 11.1. The van der Waals surface area contributed by atoms with E-state index >= 15 is 0 Å². The molecule has 0 bridgehead atoms. The van der Waals surface area contributed by atoms with E-state index in [-0.39, 0.29) is 28.4 Å². The molecule has 3 heterocycles. The quantitative estimate of drug-likeness (QED) is 0.317. The Balaban J connectivity index is 1.61. The molecule has 5 rings (SSSR count). The van der Waals surface area contributed by atoms with E-state index in [1.54, 1.807) is 0 Å². The topological polar surface area (TPSA) is 134 Å². The van der Waals surface area contributed by atoms with E-state index in [0.717, 1.165) is 11.6 Å². The standard InChI is InChI=1S/C24H22F2N6O4/c1-27-23(35)19-17(33)18(34)24(36-19)32-11-29-16-21(28-10-12-6-3-2-4-7-12)30-20(31-22(16)32)13-8-5-9-14(25)15(13)26/h2-9,11,17-19,24,33-34H,10H2,1H3,(H,27,35)(H,28,30,31)/t17?,18?,19-,24?/m1/s1. The number of anilines is 1. The fourth-order valence-electron chi connectivity index (χ4n) is 4.05. The van der Waals surface area contributed by atoms with Crippen molar-refractivity contribution >= 4 is 22.9 Å². The average molecular weight is 496 g/mol. The number of aliphatic hydroxyl groups excluding tert-OH is 2. The zero-order chi connectivity index (χ0) is 25.4. The maximum absolute atomic E-state index is 14.6. The largest absolute Gasteiger partial charge is 0.387 e. The first-order chi connectivity index (χ1) is 17.4. The minimum atomic E-state index is -1.51. The maximum atomic E-state index is 14.6. The molecule has 3 unspecified atom stereocenters. The van der Waals surface area contributed by atoms with E-state index in [9.17, 15) is 23.8 Å². The maximum Gasteiger partial charge on any atom is 0.251 e. The number of carbonyl (C=O) groups is 1. The van der Waals surface area contributed by atoms with Crippen molar-refractivity contribution in [2.24, 2.45) is 0 Å². The molecule has 4 aromatic rings. The van der Waals surface area contributed by atoms with Crippen LogP contribution < -0.4 is 10.6 Å². The molecular weight excluding hydrogens is 474 g/mol. The number of hydrogen-bond acceptors (Lipinski definition) is 8. The molecule has 12 heteroatoms. The molecule has 4 N–H and O–H groups in total. The number of ether oxygens (including phenoxy) is 1. The Hall–Kier alpha value is -4.00. The van der Waals surface area contributed by atoms with Gasteiger partial charge in [-0.05, 0) is 17.7 Å². The number of hydrogen-bond donors (Lipinski definition) is 4. The summed E-state index contributed by atoms with van der Waals surface area (Å²) in [6.45, 7) is 0.352. The smallest absolute Gasteiger partial charge is 0.251 e. The Labute approximate surface area is 203 Å². The average Bonchev–Trinajstić information content (AvgIpc) is 3.45. The number of aliphatic hydroxyl groups is 2. The summed E-state index contributed by atoms with van der Waals surface area (Å²) in [5.74, 6) is -2.69. The van der Waals surface area contributed by atoms with Gasteiger partial charge in [-0.15, -0.1) is 0 Å². The first kappa shape index (κ1) is 23.7. The second-order valence-corrected chi connectivity index (χ2v) is 8.20. The van der Waals surface area contributed by atoms with Gasteiger partial charge in [0.05, 0.1) is 11.9 Å².